The third-order valence-corrected chi connectivity index (χ3v) is 3.93. The van der Waals surface area contributed by atoms with Crippen LogP contribution in [0.3, 0.4) is 0 Å². The zero-order chi connectivity index (χ0) is 19.1. The maximum absolute atomic E-state index is 12.8. The molecule has 0 bridgehead atoms. The Bertz CT molecular complexity index is 1050. The van der Waals surface area contributed by atoms with Crippen molar-refractivity contribution in [2.45, 2.75) is 38.9 Å². The van der Waals surface area contributed by atoms with Crippen molar-refractivity contribution < 1.29 is 13.2 Å². The molecular weight excluding hydrogens is 349 g/mol. The van der Waals surface area contributed by atoms with Crippen molar-refractivity contribution in [3.8, 4) is 17.3 Å². The van der Waals surface area contributed by atoms with Gasteiger partial charge in [0, 0.05) is 30.1 Å². The molecular formula is C16H15F3N6O. The number of aryl methyl sites for hydroxylation is 1. The molecule has 0 aliphatic rings. The molecule has 1 N–H and O–H groups in total. The molecule has 0 aliphatic heterocycles. The van der Waals surface area contributed by atoms with E-state index < -0.39 is 12.6 Å². The first-order chi connectivity index (χ1) is 12.2. The van der Waals surface area contributed by atoms with Crippen LogP contribution in [0.15, 0.2) is 23.4 Å². The fraction of sp³-hybridized carbons (Fsp3) is 0.375. The fourth-order valence-electron chi connectivity index (χ4n) is 2.70. The van der Waals surface area contributed by atoms with Gasteiger partial charge in [-0.3, -0.25) is 14.6 Å². The third-order valence-electron chi connectivity index (χ3n) is 3.93. The molecule has 3 rings (SSSR count). The van der Waals surface area contributed by atoms with Gasteiger partial charge in [0.05, 0.1) is 18.3 Å². The monoisotopic (exact) mass is 364 g/mol. The van der Waals surface area contributed by atoms with Crippen LogP contribution < -0.4 is 5.56 Å². The molecule has 0 aliphatic carbocycles. The van der Waals surface area contributed by atoms with Gasteiger partial charge in [-0.15, -0.1) is 0 Å². The quantitative estimate of drug-likeness (QED) is 0.771. The molecule has 0 atom stereocenters. The van der Waals surface area contributed by atoms with E-state index in [4.69, 9.17) is 5.26 Å². The van der Waals surface area contributed by atoms with E-state index in [1.807, 2.05) is 19.9 Å². The Morgan fingerprint density at radius 1 is 1.38 bits per heavy atom. The first-order valence-electron chi connectivity index (χ1n) is 7.85. The predicted octanol–water partition coefficient (Wildman–Crippen LogP) is 2.83. The molecule has 0 fully saturated rings. The molecule has 0 amide bonds. The Morgan fingerprint density at radius 2 is 2.12 bits per heavy atom. The zero-order valence-electron chi connectivity index (χ0n) is 14.0. The highest BCUT2D eigenvalue weighted by Gasteiger charge is 2.27. The van der Waals surface area contributed by atoms with E-state index in [1.54, 1.807) is 0 Å². The molecule has 3 aromatic heterocycles. The minimum Gasteiger partial charge on any atom is -0.295 e. The molecule has 0 radical (unpaired) electrons. The van der Waals surface area contributed by atoms with Crippen LogP contribution in [0.4, 0.5) is 13.2 Å². The Kier molecular flexibility index (Phi) is 4.31. The summed E-state index contributed by atoms with van der Waals surface area (Å²) in [6.07, 6.45) is -1.10. The van der Waals surface area contributed by atoms with Gasteiger partial charge in [-0.25, -0.2) is 9.50 Å². The van der Waals surface area contributed by atoms with Crippen molar-refractivity contribution in [3.63, 3.8) is 0 Å². The molecule has 26 heavy (non-hydrogen) atoms. The van der Waals surface area contributed by atoms with Crippen molar-refractivity contribution in [2.24, 2.45) is 0 Å². The summed E-state index contributed by atoms with van der Waals surface area (Å²) in [7, 11) is 0. The molecule has 3 aromatic rings. The first kappa shape index (κ1) is 17.7. The molecule has 0 aromatic carbocycles. The maximum atomic E-state index is 12.8. The van der Waals surface area contributed by atoms with Gasteiger partial charge in [0.1, 0.15) is 11.6 Å². The lowest BCUT2D eigenvalue weighted by molar-refractivity contribution is -0.137. The molecule has 0 saturated carbocycles. The van der Waals surface area contributed by atoms with Gasteiger partial charge >= 0.3 is 6.18 Å². The minimum absolute atomic E-state index is 0.167. The Hall–Kier alpha value is -3.09. The highest BCUT2D eigenvalue weighted by atomic mass is 19.4. The van der Waals surface area contributed by atoms with Crippen LogP contribution in [-0.4, -0.2) is 30.6 Å². The smallest absolute Gasteiger partial charge is 0.295 e. The average Bonchev–Trinajstić information content (AvgIpc) is 3.18. The van der Waals surface area contributed by atoms with Gasteiger partial charge in [0.25, 0.3) is 5.56 Å². The zero-order valence-corrected chi connectivity index (χ0v) is 14.0. The predicted molar refractivity (Wildman–Crippen MR) is 86.5 cm³/mol. The minimum atomic E-state index is -4.28. The van der Waals surface area contributed by atoms with Crippen LogP contribution in [0.5, 0.6) is 0 Å². The topological polar surface area (TPSA) is 91.8 Å². The van der Waals surface area contributed by atoms with Gasteiger partial charge in [0.15, 0.2) is 5.65 Å². The van der Waals surface area contributed by atoms with Crippen molar-refractivity contribution in [1.82, 2.24) is 24.4 Å². The molecule has 10 heteroatoms. The lowest BCUT2D eigenvalue weighted by Crippen LogP contribution is -2.22. The number of halogens is 3. The summed E-state index contributed by atoms with van der Waals surface area (Å²) in [6.45, 7) is 3.31. The highest BCUT2D eigenvalue weighted by Crippen LogP contribution is 2.26. The van der Waals surface area contributed by atoms with E-state index in [0.29, 0.717) is 16.8 Å². The van der Waals surface area contributed by atoms with Gasteiger partial charge in [0.2, 0.25) is 0 Å². The molecule has 0 spiro atoms. The number of nitrogens with one attached hydrogen (secondary N) is 1. The van der Waals surface area contributed by atoms with E-state index in [1.165, 1.54) is 27.8 Å². The van der Waals surface area contributed by atoms with Crippen LogP contribution in [0.1, 0.15) is 37.3 Å². The number of H-pyrrole nitrogens is 1. The number of rotatable bonds is 4. The van der Waals surface area contributed by atoms with Gasteiger partial charge in [-0.1, -0.05) is 13.8 Å². The second-order valence-corrected chi connectivity index (χ2v) is 6.15. The van der Waals surface area contributed by atoms with E-state index in [2.05, 4.69) is 15.2 Å². The summed E-state index contributed by atoms with van der Waals surface area (Å²) >= 11 is 0. The lowest BCUT2D eigenvalue weighted by Gasteiger charge is -2.10. The normalized spacial score (nSPS) is 12.0. The Balaban J connectivity index is 2.12. The van der Waals surface area contributed by atoms with Crippen molar-refractivity contribution >= 4 is 5.65 Å². The summed E-state index contributed by atoms with van der Waals surface area (Å²) < 4.78 is 39.5. The summed E-state index contributed by atoms with van der Waals surface area (Å²) in [5.41, 5.74) is 1.15. The highest BCUT2D eigenvalue weighted by molar-refractivity contribution is 5.67. The SMILES string of the molecule is CC(C)c1c(-c2cnn(CCC(F)(F)F)c2)nc2c(C#N)c[nH]n2c1=O. The van der Waals surface area contributed by atoms with Gasteiger partial charge in [-0.2, -0.15) is 23.5 Å². The molecule has 0 unspecified atom stereocenters. The maximum Gasteiger partial charge on any atom is 0.390 e. The van der Waals surface area contributed by atoms with E-state index >= 15 is 0 Å². The number of hydrogen-bond acceptors (Lipinski definition) is 4. The van der Waals surface area contributed by atoms with Crippen LogP contribution in [0.2, 0.25) is 0 Å². The van der Waals surface area contributed by atoms with Crippen LogP contribution >= 0.6 is 0 Å². The standard InChI is InChI=1S/C16H15F3N6O/c1-9(2)12-13(11-7-21-24(8-11)4-3-16(17,18)19)23-14-10(5-20)6-22-25(14)15(12)26/h6-9,22H,3-4H2,1-2H3. The number of alkyl halides is 3. The molecule has 3 heterocycles. The van der Waals surface area contributed by atoms with Crippen molar-refractivity contribution in [1.29, 1.82) is 5.26 Å². The van der Waals surface area contributed by atoms with Crippen molar-refractivity contribution in [2.75, 3.05) is 0 Å². The first-order valence-corrected chi connectivity index (χ1v) is 7.85. The number of nitrogens with zero attached hydrogens (tertiary/aromatic N) is 5. The van der Waals surface area contributed by atoms with E-state index in [-0.39, 0.29) is 29.2 Å². The number of aromatic nitrogens is 5. The van der Waals surface area contributed by atoms with Crippen LogP contribution in [0, 0.1) is 11.3 Å². The molecule has 0 saturated heterocycles. The van der Waals surface area contributed by atoms with Crippen molar-refractivity contribution in [3.05, 3.63) is 40.1 Å². The fourth-order valence-corrected chi connectivity index (χ4v) is 2.70. The number of hydrogen-bond donors (Lipinski definition) is 1. The van der Waals surface area contributed by atoms with Crippen LogP contribution in [0.25, 0.3) is 16.9 Å². The van der Waals surface area contributed by atoms with E-state index in [9.17, 15) is 18.0 Å². The molecule has 7 nitrogen and oxygen atoms in total. The summed E-state index contributed by atoms with van der Waals surface area (Å²) in [6, 6.07) is 1.95. The van der Waals surface area contributed by atoms with Gasteiger partial charge in [-0.05, 0) is 5.92 Å². The summed E-state index contributed by atoms with van der Waals surface area (Å²) in [5.74, 6) is -0.186. The Labute approximate surface area is 145 Å². The lowest BCUT2D eigenvalue weighted by atomic mass is 10.00. The number of nitriles is 1. The summed E-state index contributed by atoms with van der Waals surface area (Å²) in [4.78, 5) is 17.2. The summed E-state index contributed by atoms with van der Waals surface area (Å²) in [5, 5.41) is 15.8. The van der Waals surface area contributed by atoms with Crippen LogP contribution in [-0.2, 0) is 6.54 Å². The number of fused-ring (bicyclic) bond motifs is 1. The second-order valence-electron chi connectivity index (χ2n) is 6.15. The largest absolute Gasteiger partial charge is 0.390 e. The second kappa shape index (κ2) is 6.33. The third kappa shape index (κ3) is 3.20. The molecule has 136 valence electrons. The van der Waals surface area contributed by atoms with E-state index in [0.717, 1.165) is 0 Å². The number of aromatic amines is 1. The average molecular weight is 364 g/mol. The Morgan fingerprint density at radius 3 is 2.73 bits per heavy atom. The van der Waals surface area contributed by atoms with Gasteiger partial charge < -0.3 is 0 Å².